The molecule has 118 valence electrons. The minimum absolute atomic E-state index is 0.212. The molecule has 21 heavy (non-hydrogen) atoms. The molecule has 1 atom stereocenters. The average Bonchev–Trinajstić information content (AvgIpc) is 2.45. The van der Waals surface area contributed by atoms with E-state index in [9.17, 15) is 0 Å². The van der Waals surface area contributed by atoms with Gasteiger partial charge in [0.2, 0.25) is 0 Å². The molecule has 0 aromatic heterocycles. The van der Waals surface area contributed by atoms with Crippen molar-refractivity contribution >= 4 is 0 Å². The highest BCUT2D eigenvalue weighted by Crippen LogP contribution is 2.26. The Balaban J connectivity index is 1.97. The van der Waals surface area contributed by atoms with Crippen molar-refractivity contribution in [2.45, 2.75) is 65.8 Å². The first-order valence-corrected chi connectivity index (χ1v) is 8.48. The first-order valence-electron chi connectivity index (χ1n) is 8.48. The van der Waals surface area contributed by atoms with Gasteiger partial charge in [-0.3, -0.25) is 0 Å². The Morgan fingerprint density at radius 2 is 1.86 bits per heavy atom. The van der Waals surface area contributed by atoms with E-state index >= 15 is 0 Å². The van der Waals surface area contributed by atoms with Crippen molar-refractivity contribution in [2.75, 3.05) is 13.2 Å². The zero-order valence-corrected chi connectivity index (χ0v) is 14.2. The van der Waals surface area contributed by atoms with Crippen molar-refractivity contribution in [3.8, 4) is 5.75 Å². The number of rotatable bonds is 6. The van der Waals surface area contributed by atoms with Gasteiger partial charge in [-0.1, -0.05) is 33.8 Å². The molecule has 1 unspecified atom stereocenters. The number of hydrogen-bond acceptors (Lipinski definition) is 2. The van der Waals surface area contributed by atoms with Gasteiger partial charge in [-0.25, -0.2) is 0 Å². The summed E-state index contributed by atoms with van der Waals surface area (Å²) in [6.45, 7) is 10.8. The number of aryl methyl sites for hydroxylation is 2. The maximum Gasteiger partial charge on any atom is 0.119 e. The van der Waals surface area contributed by atoms with Gasteiger partial charge in [0.25, 0.3) is 0 Å². The van der Waals surface area contributed by atoms with E-state index in [0.717, 1.165) is 25.3 Å². The quantitative estimate of drug-likeness (QED) is 0.840. The molecule has 2 heteroatoms. The van der Waals surface area contributed by atoms with Crippen LogP contribution in [0, 0.1) is 5.41 Å². The van der Waals surface area contributed by atoms with Gasteiger partial charge in [0, 0.05) is 6.04 Å². The van der Waals surface area contributed by atoms with Gasteiger partial charge in [0.1, 0.15) is 12.4 Å². The van der Waals surface area contributed by atoms with Gasteiger partial charge in [0.15, 0.2) is 0 Å². The average molecular weight is 289 g/mol. The van der Waals surface area contributed by atoms with Crippen molar-refractivity contribution in [1.29, 1.82) is 0 Å². The van der Waals surface area contributed by atoms with E-state index in [2.05, 4.69) is 51.2 Å². The fraction of sp³-hybridized carbons (Fsp3) is 0.684. The Morgan fingerprint density at radius 1 is 1.14 bits per heavy atom. The molecule has 0 amide bonds. The highest BCUT2D eigenvalue weighted by Gasteiger charge is 2.24. The molecular weight excluding hydrogens is 258 g/mol. The monoisotopic (exact) mass is 289 g/mol. The summed E-state index contributed by atoms with van der Waals surface area (Å²) >= 11 is 0. The SMILES string of the molecule is CCCNC(COc1ccc2c(c1)CCCC2)C(C)(C)C. The van der Waals surface area contributed by atoms with Crippen LogP contribution in [-0.2, 0) is 12.8 Å². The van der Waals surface area contributed by atoms with Crippen LogP contribution < -0.4 is 10.1 Å². The van der Waals surface area contributed by atoms with E-state index in [1.807, 2.05) is 0 Å². The Kier molecular flexibility index (Phi) is 5.69. The lowest BCUT2D eigenvalue weighted by molar-refractivity contribution is 0.174. The van der Waals surface area contributed by atoms with Crippen LogP contribution in [0.4, 0.5) is 0 Å². The van der Waals surface area contributed by atoms with Crippen LogP contribution in [0.3, 0.4) is 0 Å². The van der Waals surface area contributed by atoms with E-state index < -0.39 is 0 Å². The van der Waals surface area contributed by atoms with E-state index in [0.29, 0.717) is 6.04 Å². The lowest BCUT2D eigenvalue weighted by atomic mass is 9.87. The topological polar surface area (TPSA) is 21.3 Å². The molecule has 1 aromatic carbocycles. The highest BCUT2D eigenvalue weighted by atomic mass is 16.5. The molecule has 2 nitrogen and oxygen atoms in total. The highest BCUT2D eigenvalue weighted by molar-refractivity contribution is 5.37. The smallest absolute Gasteiger partial charge is 0.119 e. The van der Waals surface area contributed by atoms with Gasteiger partial charge >= 0.3 is 0 Å². The third kappa shape index (κ3) is 4.74. The van der Waals surface area contributed by atoms with Crippen molar-refractivity contribution in [3.05, 3.63) is 29.3 Å². The van der Waals surface area contributed by atoms with Crippen LogP contribution in [0.15, 0.2) is 18.2 Å². The van der Waals surface area contributed by atoms with Crippen LogP contribution in [0.25, 0.3) is 0 Å². The molecule has 1 aromatic rings. The Labute approximate surface area is 130 Å². The first-order chi connectivity index (χ1) is 10.0. The summed E-state index contributed by atoms with van der Waals surface area (Å²) in [6, 6.07) is 7.04. The lowest BCUT2D eigenvalue weighted by Crippen LogP contribution is -2.45. The molecule has 2 rings (SSSR count). The van der Waals surface area contributed by atoms with Crippen LogP contribution >= 0.6 is 0 Å². The molecule has 0 radical (unpaired) electrons. The number of ether oxygens (including phenoxy) is 1. The van der Waals surface area contributed by atoms with Crippen LogP contribution in [0.2, 0.25) is 0 Å². The van der Waals surface area contributed by atoms with Crippen molar-refractivity contribution in [3.63, 3.8) is 0 Å². The van der Waals surface area contributed by atoms with Crippen LogP contribution in [0.1, 0.15) is 58.1 Å². The maximum absolute atomic E-state index is 6.10. The molecule has 0 saturated carbocycles. The summed E-state index contributed by atoms with van der Waals surface area (Å²) in [4.78, 5) is 0. The second-order valence-corrected chi connectivity index (χ2v) is 7.32. The number of benzene rings is 1. The largest absolute Gasteiger partial charge is 0.492 e. The molecule has 0 bridgehead atoms. The van der Waals surface area contributed by atoms with Gasteiger partial charge < -0.3 is 10.1 Å². The van der Waals surface area contributed by atoms with Gasteiger partial charge in [0.05, 0.1) is 0 Å². The molecule has 0 heterocycles. The van der Waals surface area contributed by atoms with Crippen molar-refractivity contribution in [2.24, 2.45) is 5.41 Å². The first kappa shape index (κ1) is 16.4. The summed E-state index contributed by atoms with van der Waals surface area (Å²) in [6.07, 6.45) is 6.26. The van der Waals surface area contributed by atoms with E-state index in [1.165, 1.54) is 36.8 Å². The second-order valence-electron chi connectivity index (χ2n) is 7.32. The van der Waals surface area contributed by atoms with Gasteiger partial charge in [-0.05, 0) is 67.3 Å². The molecule has 0 spiro atoms. The third-order valence-electron chi connectivity index (χ3n) is 4.42. The predicted octanol–water partition coefficient (Wildman–Crippen LogP) is 4.36. The molecule has 1 aliphatic rings. The van der Waals surface area contributed by atoms with Gasteiger partial charge in [-0.15, -0.1) is 0 Å². The van der Waals surface area contributed by atoms with Crippen molar-refractivity contribution in [1.82, 2.24) is 5.32 Å². The molecule has 1 N–H and O–H groups in total. The third-order valence-corrected chi connectivity index (χ3v) is 4.42. The van der Waals surface area contributed by atoms with E-state index in [4.69, 9.17) is 4.74 Å². The van der Waals surface area contributed by atoms with Crippen LogP contribution in [0.5, 0.6) is 5.75 Å². The summed E-state index contributed by atoms with van der Waals surface area (Å²) in [5.74, 6) is 1.03. The normalized spacial score (nSPS) is 16.4. The zero-order valence-electron chi connectivity index (χ0n) is 14.2. The minimum Gasteiger partial charge on any atom is -0.492 e. The molecule has 0 saturated heterocycles. The fourth-order valence-electron chi connectivity index (χ4n) is 2.91. The minimum atomic E-state index is 0.212. The summed E-state index contributed by atoms with van der Waals surface area (Å²) < 4.78 is 6.10. The predicted molar refractivity (Wildman–Crippen MR) is 90.1 cm³/mol. The Bertz CT molecular complexity index is 447. The molecule has 1 aliphatic carbocycles. The van der Waals surface area contributed by atoms with Crippen LogP contribution in [-0.4, -0.2) is 19.2 Å². The Morgan fingerprint density at radius 3 is 2.52 bits per heavy atom. The summed E-state index contributed by atoms with van der Waals surface area (Å²) in [5, 5.41) is 3.62. The van der Waals surface area contributed by atoms with Crippen molar-refractivity contribution < 1.29 is 4.74 Å². The van der Waals surface area contributed by atoms with Gasteiger partial charge in [-0.2, -0.15) is 0 Å². The second kappa shape index (κ2) is 7.31. The molecule has 0 fully saturated rings. The number of nitrogens with one attached hydrogen (secondary N) is 1. The Hall–Kier alpha value is -1.02. The summed E-state index contributed by atoms with van der Waals surface area (Å²) in [5.41, 5.74) is 3.22. The zero-order chi connectivity index (χ0) is 15.3. The van der Waals surface area contributed by atoms with E-state index in [1.54, 1.807) is 0 Å². The van der Waals surface area contributed by atoms with E-state index in [-0.39, 0.29) is 5.41 Å². The number of fused-ring (bicyclic) bond motifs is 1. The fourth-order valence-corrected chi connectivity index (χ4v) is 2.91. The number of hydrogen-bond donors (Lipinski definition) is 1. The lowest BCUT2D eigenvalue weighted by Gasteiger charge is -2.31. The summed E-state index contributed by atoms with van der Waals surface area (Å²) in [7, 11) is 0. The molecular formula is C19H31NO. The maximum atomic E-state index is 6.10. The standard InChI is InChI=1S/C19H31NO/c1-5-12-20-18(19(2,3)4)14-21-17-11-10-15-8-6-7-9-16(15)13-17/h10-11,13,18,20H,5-9,12,14H2,1-4H3. The molecule has 0 aliphatic heterocycles.